The summed E-state index contributed by atoms with van der Waals surface area (Å²) >= 11 is 0. The molecular formula is C21H32N4O3. The molecule has 2 amide bonds. The monoisotopic (exact) mass is 388 g/mol. The van der Waals surface area contributed by atoms with E-state index >= 15 is 0 Å². The zero-order valence-electron chi connectivity index (χ0n) is 16.8. The number of amides is 2. The molecule has 0 saturated carbocycles. The molecule has 0 aliphatic carbocycles. The van der Waals surface area contributed by atoms with Crippen LogP contribution >= 0.6 is 0 Å². The number of aromatic nitrogens is 1. The molecule has 2 fully saturated rings. The summed E-state index contributed by atoms with van der Waals surface area (Å²) in [6.45, 7) is 2.86. The van der Waals surface area contributed by atoms with Crippen LogP contribution in [0, 0.1) is 5.41 Å². The van der Waals surface area contributed by atoms with E-state index in [4.69, 9.17) is 5.11 Å². The molecule has 0 aromatic carbocycles. The first-order valence-electron chi connectivity index (χ1n) is 10.3. The number of carbonyl (C=O) groups is 2. The van der Waals surface area contributed by atoms with E-state index in [1.54, 1.807) is 12.4 Å². The summed E-state index contributed by atoms with van der Waals surface area (Å²) in [4.78, 5) is 34.5. The van der Waals surface area contributed by atoms with Crippen molar-refractivity contribution in [3.05, 3.63) is 30.1 Å². The van der Waals surface area contributed by atoms with Crippen molar-refractivity contribution in [3.8, 4) is 0 Å². The molecule has 2 N–H and O–H groups in total. The Bertz CT molecular complexity index is 669. The molecule has 1 aromatic heterocycles. The van der Waals surface area contributed by atoms with Gasteiger partial charge in [0.05, 0.1) is 11.5 Å². The number of aliphatic hydroxyl groups is 1. The summed E-state index contributed by atoms with van der Waals surface area (Å²) in [6.07, 6.45) is 7.64. The molecule has 154 valence electrons. The SMILES string of the molecule is CN1CC[C@]2(C(=O)NCCCO)CCCN(C(=O)CCc3cccnc3)[C@H]2C1. The molecule has 0 bridgehead atoms. The predicted octanol–water partition coefficient (Wildman–Crippen LogP) is 0.826. The highest BCUT2D eigenvalue weighted by molar-refractivity contribution is 5.86. The van der Waals surface area contributed by atoms with Crippen LogP contribution in [-0.2, 0) is 16.0 Å². The maximum Gasteiger partial charge on any atom is 0.228 e. The van der Waals surface area contributed by atoms with Gasteiger partial charge < -0.3 is 20.2 Å². The number of hydrogen-bond donors (Lipinski definition) is 2. The number of piperidine rings is 2. The van der Waals surface area contributed by atoms with Crippen molar-refractivity contribution in [2.75, 3.05) is 39.8 Å². The average Bonchev–Trinajstić information content (AvgIpc) is 2.72. The third-order valence-corrected chi connectivity index (χ3v) is 6.20. The van der Waals surface area contributed by atoms with Gasteiger partial charge in [0.25, 0.3) is 0 Å². The summed E-state index contributed by atoms with van der Waals surface area (Å²) in [7, 11) is 2.06. The Hall–Kier alpha value is -1.99. The molecule has 3 rings (SSSR count). The number of hydrogen-bond acceptors (Lipinski definition) is 5. The Kier molecular flexibility index (Phi) is 7.02. The predicted molar refractivity (Wildman–Crippen MR) is 107 cm³/mol. The molecule has 3 heterocycles. The van der Waals surface area contributed by atoms with Crippen LogP contribution in [0.15, 0.2) is 24.5 Å². The number of rotatable bonds is 7. The summed E-state index contributed by atoms with van der Waals surface area (Å²) in [6, 6.07) is 3.79. The second kappa shape index (κ2) is 9.47. The van der Waals surface area contributed by atoms with Gasteiger partial charge in [-0.15, -0.1) is 0 Å². The van der Waals surface area contributed by atoms with Gasteiger partial charge in [0.2, 0.25) is 11.8 Å². The maximum atomic E-state index is 13.1. The van der Waals surface area contributed by atoms with Gasteiger partial charge in [0, 0.05) is 45.1 Å². The lowest BCUT2D eigenvalue weighted by atomic mass is 9.67. The van der Waals surface area contributed by atoms with Gasteiger partial charge in [-0.25, -0.2) is 0 Å². The number of nitrogens with zero attached hydrogens (tertiary/aromatic N) is 3. The van der Waals surface area contributed by atoms with Crippen molar-refractivity contribution >= 4 is 11.8 Å². The van der Waals surface area contributed by atoms with Crippen molar-refractivity contribution in [3.63, 3.8) is 0 Å². The van der Waals surface area contributed by atoms with Crippen molar-refractivity contribution in [1.82, 2.24) is 20.1 Å². The fourth-order valence-electron chi connectivity index (χ4n) is 4.60. The largest absolute Gasteiger partial charge is 0.396 e. The van der Waals surface area contributed by atoms with Crippen LogP contribution in [0.5, 0.6) is 0 Å². The van der Waals surface area contributed by atoms with E-state index in [2.05, 4.69) is 22.2 Å². The summed E-state index contributed by atoms with van der Waals surface area (Å²) in [5.41, 5.74) is 0.547. The maximum absolute atomic E-state index is 13.1. The molecule has 2 aliphatic heterocycles. The highest BCUT2D eigenvalue weighted by Gasteiger charge is 2.53. The number of aliphatic hydroxyl groups excluding tert-OH is 1. The minimum Gasteiger partial charge on any atom is -0.396 e. The van der Waals surface area contributed by atoms with Crippen LogP contribution in [0.2, 0.25) is 0 Å². The lowest BCUT2D eigenvalue weighted by Crippen LogP contribution is -2.66. The standard InChI is InChI=1S/C21H32N4O3/c1-24-13-9-21(20(28)23-11-4-14-26)8-3-12-25(18(21)16-24)19(27)7-6-17-5-2-10-22-15-17/h2,5,10,15,18,26H,3-4,6-9,11-14,16H2,1H3,(H,23,28)/t18-,21+/m0/s1. The lowest BCUT2D eigenvalue weighted by molar-refractivity contribution is -0.154. The van der Waals surface area contributed by atoms with Gasteiger partial charge in [-0.3, -0.25) is 14.6 Å². The summed E-state index contributed by atoms with van der Waals surface area (Å²) in [5, 5.41) is 12.0. The Balaban J connectivity index is 1.72. The van der Waals surface area contributed by atoms with Crippen LogP contribution in [0.1, 0.15) is 37.7 Å². The number of carbonyl (C=O) groups excluding carboxylic acids is 2. The number of aryl methyl sites for hydroxylation is 1. The topological polar surface area (TPSA) is 85.8 Å². The van der Waals surface area contributed by atoms with Gasteiger partial charge in [0.1, 0.15) is 0 Å². The van der Waals surface area contributed by atoms with E-state index in [0.29, 0.717) is 25.8 Å². The second-order valence-corrected chi connectivity index (χ2v) is 8.07. The van der Waals surface area contributed by atoms with E-state index < -0.39 is 5.41 Å². The summed E-state index contributed by atoms with van der Waals surface area (Å²) in [5.74, 6) is 0.167. The minimum absolute atomic E-state index is 0.0452. The molecule has 28 heavy (non-hydrogen) atoms. The zero-order chi connectivity index (χ0) is 20.0. The lowest BCUT2D eigenvalue weighted by Gasteiger charge is -2.53. The van der Waals surface area contributed by atoms with Gasteiger partial charge in [-0.1, -0.05) is 6.07 Å². The molecular weight excluding hydrogens is 356 g/mol. The first-order valence-corrected chi connectivity index (χ1v) is 10.3. The Morgan fingerprint density at radius 2 is 2.21 bits per heavy atom. The molecule has 0 unspecified atom stereocenters. The normalized spacial score (nSPS) is 25.2. The summed E-state index contributed by atoms with van der Waals surface area (Å²) < 4.78 is 0. The number of pyridine rings is 1. The van der Waals surface area contributed by atoms with Crippen LogP contribution in [0.25, 0.3) is 0 Å². The van der Waals surface area contributed by atoms with Crippen molar-refractivity contribution in [2.24, 2.45) is 5.41 Å². The third kappa shape index (κ3) is 4.52. The van der Waals surface area contributed by atoms with E-state index in [0.717, 1.165) is 44.5 Å². The first kappa shape index (κ1) is 20.7. The van der Waals surface area contributed by atoms with Crippen molar-refractivity contribution < 1.29 is 14.7 Å². The smallest absolute Gasteiger partial charge is 0.228 e. The number of likely N-dealkylation sites (N-methyl/N-ethyl adjacent to an activating group) is 1. The van der Waals surface area contributed by atoms with Crippen LogP contribution in [-0.4, -0.2) is 77.6 Å². The van der Waals surface area contributed by atoms with Gasteiger partial charge >= 0.3 is 0 Å². The highest BCUT2D eigenvalue weighted by Crippen LogP contribution is 2.42. The number of fused-ring (bicyclic) bond motifs is 1. The van der Waals surface area contributed by atoms with E-state index in [9.17, 15) is 9.59 Å². The second-order valence-electron chi connectivity index (χ2n) is 8.07. The third-order valence-electron chi connectivity index (χ3n) is 6.20. The molecule has 7 heteroatoms. The van der Waals surface area contributed by atoms with Crippen LogP contribution in [0.4, 0.5) is 0 Å². The number of likely N-dealkylation sites (tertiary alicyclic amines) is 2. The van der Waals surface area contributed by atoms with E-state index in [1.165, 1.54) is 0 Å². The molecule has 1 aromatic rings. The fourth-order valence-corrected chi connectivity index (χ4v) is 4.60. The van der Waals surface area contributed by atoms with Gasteiger partial charge in [-0.2, -0.15) is 0 Å². The highest BCUT2D eigenvalue weighted by atomic mass is 16.3. The Labute approximate surface area is 167 Å². The molecule has 2 saturated heterocycles. The van der Waals surface area contributed by atoms with Gasteiger partial charge in [0.15, 0.2) is 0 Å². The van der Waals surface area contributed by atoms with Crippen molar-refractivity contribution in [1.29, 1.82) is 0 Å². The molecule has 7 nitrogen and oxygen atoms in total. The van der Waals surface area contributed by atoms with E-state index in [-0.39, 0.29) is 24.5 Å². The molecule has 0 radical (unpaired) electrons. The molecule has 0 spiro atoms. The molecule has 2 atom stereocenters. The van der Waals surface area contributed by atoms with Crippen molar-refractivity contribution in [2.45, 2.75) is 44.6 Å². The zero-order valence-corrected chi connectivity index (χ0v) is 16.8. The number of nitrogens with one attached hydrogen (secondary N) is 1. The quantitative estimate of drug-likeness (QED) is 0.676. The fraction of sp³-hybridized carbons (Fsp3) is 0.667. The minimum atomic E-state index is -0.510. The average molecular weight is 389 g/mol. The first-order chi connectivity index (χ1) is 13.6. The van der Waals surface area contributed by atoms with Crippen LogP contribution < -0.4 is 5.32 Å². The van der Waals surface area contributed by atoms with Gasteiger partial charge in [-0.05, 0) is 57.3 Å². The van der Waals surface area contributed by atoms with E-state index in [1.807, 2.05) is 17.0 Å². The molecule has 2 aliphatic rings. The van der Waals surface area contributed by atoms with Crippen LogP contribution in [0.3, 0.4) is 0 Å². The Morgan fingerprint density at radius 3 is 2.96 bits per heavy atom. The Morgan fingerprint density at radius 1 is 1.36 bits per heavy atom.